The fourth-order valence-electron chi connectivity index (χ4n) is 1.55. The molecule has 0 bridgehead atoms. The SMILES string of the molecule is O=S(=O)(Oc1c(Cl)cc(Cl)cc1CBr)c1ccccc1. The molecule has 0 radical (unpaired) electrons. The van der Waals surface area contributed by atoms with Crippen molar-refractivity contribution in [2.24, 2.45) is 0 Å². The normalized spacial score (nSPS) is 11.3. The van der Waals surface area contributed by atoms with Crippen LogP contribution in [0, 0.1) is 0 Å². The first kappa shape index (κ1) is 15.6. The van der Waals surface area contributed by atoms with Crippen molar-refractivity contribution in [3.63, 3.8) is 0 Å². The summed E-state index contributed by atoms with van der Waals surface area (Å²) in [5.41, 5.74) is 0.557. The van der Waals surface area contributed by atoms with E-state index in [0.717, 1.165) is 0 Å². The molecule has 0 aliphatic carbocycles. The van der Waals surface area contributed by atoms with Crippen molar-refractivity contribution in [3.8, 4) is 5.75 Å². The summed E-state index contributed by atoms with van der Waals surface area (Å²) in [6, 6.07) is 10.9. The molecule has 0 amide bonds. The lowest BCUT2D eigenvalue weighted by molar-refractivity contribution is 0.484. The smallest absolute Gasteiger partial charge is 0.339 e. The molecule has 0 unspecified atom stereocenters. The molecule has 2 aromatic carbocycles. The predicted molar refractivity (Wildman–Crippen MR) is 83.3 cm³/mol. The molecule has 0 aliphatic rings. The lowest BCUT2D eigenvalue weighted by atomic mass is 10.2. The standard InChI is InChI=1S/C13H9BrCl2O3S/c14-8-9-6-10(15)7-12(16)13(9)19-20(17,18)11-4-2-1-3-5-11/h1-7H,8H2. The summed E-state index contributed by atoms with van der Waals surface area (Å²) in [6.45, 7) is 0. The van der Waals surface area contributed by atoms with Gasteiger partial charge in [-0.1, -0.05) is 57.3 Å². The molecule has 0 aliphatic heterocycles. The minimum Gasteiger partial charge on any atom is -0.377 e. The maximum absolute atomic E-state index is 12.2. The zero-order valence-electron chi connectivity index (χ0n) is 10.0. The zero-order chi connectivity index (χ0) is 14.8. The molecule has 3 nitrogen and oxygen atoms in total. The van der Waals surface area contributed by atoms with Gasteiger partial charge in [0.25, 0.3) is 0 Å². The van der Waals surface area contributed by atoms with Gasteiger partial charge in [0.15, 0.2) is 5.75 Å². The van der Waals surface area contributed by atoms with Gasteiger partial charge in [0.2, 0.25) is 0 Å². The largest absolute Gasteiger partial charge is 0.377 e. The summed E-state index contributed by atoms with van der Waals surface area (Å²) in [5, 5.41) is 0.924. The van der Waals surface area contributed by atoms with Crippen LogP contribution in [-0.2, 0) is 15.4 Å². The molecule has 0 heterocycles. The lowest BCUT2D eigenvalue weighted by Gasteiger charge is -2.12. The summed E-state index contributed by atoms with van der Waals surface area (Å²) in [5.74, 6) is 0.0804. The molecule has 0 N–H and O–H groups in total. The van der Waals surface area contributed by atoms with Crippen LogP contribution in [0.25, 0.3) is 0 Å². The van der Waals surface area contributed by atoms with Crippen molar-refractivity contribution in [1.29, 1.82) is 0 Å². The van der Waals surface area contributed by atoms with E-state index in [1.54, 1.807) is 24.3 Å². The second-order valence-corrected chi connectivity index (χ2v) is 6.81. The Kier molecular flexibility index (Phi) is 4.96. The fourth-order valence-corrected chi connectivity index (χ4v) is 3.59. The highest BCUT2D eigenvalue weighted by molar-refractivity contribution is 9.08. The van der Waals surface area contributed by atoms with Crippen molar-refractivity contribution < 1.29 is 12.6 Å². The topological polar surface area (TPSA) is 43.4 Å². The van der Waals surface area contributed by atoms with Gasteiger partial charge in [0.1, 0.15) is 4.90 Å². The number of rotatable bonds is 4. The predicted octanol–water partition coefficient (Wildman–Crippen LogP) is 4.66. The Morgan fingerprint density at radius 1 is 1.10 bits per heavy atom. The van der Waals surface area contributed by atoms with Gasteiger partial charge in [0.05, 0.1) is 5.02 Å². The molecule has 0 fully saturated rings. The summed E-state index contributed by atoms with van der Waals surface area (Å²) < 4.78 is 29.5. The molecule has 7 heteroatoms. The zero-order valence-corrected chi connectivity index (χ0v) is 13.9. The third-order valence-electron chi connectivity index (χ3n) is 2.45. The first-order chi connectivity index (χ1) is 9.44. The first-order valence-corrected chi connectivity index (χ1v) is 8.76. The van der Waals surface area contributed by atoms with Gasteiger partial charge < -0.3 is 4.18 Å². The summed E-state index contributed by atoms with van der Waals surface area (Å²) in [7, 11) is -3.93. The highest BCUT2D eigenvalue weighted by Crippen LogP contribution is 2.35. The van der Waals surface area contributed by atoms with E-state index in [0.29, 0.717) is 15.9 Å². The second kappa shape index (κ2) is 6.35. The van der Waals surface area contributed by atoms with E-state index in [-0.39, 0.29) is 15.7 Å². The molecule has 0 spiro atoms. The Bertz CT molecular complexity index is 718. The molecule has 0 saturated heterocycles. The number of halogens is 3. The molecular formula is C13H9BrCl2O3S. The van der Waals surface area contributed by atoms with Gasteiger partial charge in [0, 0.05) is 15.9 Å². The Morgan fingerprint density at radius 2 is 1.75 bits per heavy atom. The number of hydrogen-bond acceptors (Lipinski definition) is 3. The highest BCUT2D eigenvalue weighted by Gasteiger charge is 2.20. The van der Waals surface area contributed by atoms with Crippen LogP contribution < -0.4 is 4.18 Å². The minimum absolute atomic E-state index is 0.0616. The Morgan fingerprint density at radius 3 is 2.35 bits per heavy atom. The quantitative estimate of drug-likeness (QED) is 0.558. The van der Waals surface area contributed by atoms with Gasteiger partial charge in [-0.3, -0.25) is 0 Å². The molecule has 20 heavy (non-hydrogen) atoms. The van der Waals surface area contributed by atoms with Crippen LogP contribution in [0.5, 0.6) is 5.75 Å². The van der Waals surface area contributed by atoms with E-state index in [9.17, 15) is 8.42 Å². The molecular weight excluding hydrogens is 387 g/mol. The molecule has 2 rings (SSSR count). The van der Waals surface area contributed by atoms with Crippen LogP contribution in [0.4, 0.5) is 0 Å². The van der Waals surface area contributed by atoms with E-state index in [2.05, 4.69) is 15.9 Å². The van der Waals surface area contributed by atoms with Crippen molar-refractivity contribution in [2.45, 2.75) is 10.2 Å². The highest BCUT2D eigenvalue weighted by atomic mass is 79.9. The van der Waals surface area contributed by atoms with Crippen LogP contribution >= 0.6 is 39.1 Å². The summed E-state index contributed by atoms with van der Waals surface area (Å²) in [6.07, 6.45) is 0. The van der Waals surface area contributed by atoms with Crippen LogP contribution in [0.2, 0.25) is 10.0 Å². The summed E-state index contributed by atoms with van der Waals surface area (Å²) >= 11 is 15.1. The van der Waals surface area contributed by atoms with E-state index >= 15 is 0 Å². The van der Waals surface area contributed by atoms with E-state index in [1.807, 2.05) is 0 Å². The van der Waals surface area contributed by atoms with Crippen molar-refractivity contribution in [2.75, 3.05) is 0 Å². The molecule has 106 valence electrons. The van der Waals surface area contributed by atoms with Gasteiger partial charge in [-0.2, -0.15) is 8.42 Å². The maximum Gasteiger partial charge on any atom is 0.339 e. The van der Waals surface area contributed by atoms with E-state index in [4.69, 9.17) is 27.4 Å². The van der Waals surface area contributed by atoms with Crippen LogP contribution in [0.3, 0.4) is 0 Å². The molecule has 0 aromatic heterocycles. The fraction of sp³-hybridized carbons (Fsp3) is 0.0769. The van der Waals surface area contributed by atoms with E-state index < -0.39 is 10.1 Å². The Labute approximate surface area is 135 Å². The number of alkyl halides is 1. The van der Waals surface area contributed by atoms with Crippen molar-refractivity contribution in [1.82, 2.24) is 0 Å². The monoisotopic (exact) mass is 394 g/mol. The first-order valence-electron chi connectivity index (χ1n) is 5.47. The van der Waals surface area contributed by atoms with Crippen molar-refractivity contribution in [3.05, 3.63) is 58.1 Å². The third kappa shape index (κ3) is 3.47. The van der Waals surface area contributed by atoms with Crippen molar-refractivity contribution >= 4 is 49.2 Å². The van der Waals surface area contributed by atoms with E-state index in [1.165, 1.54) is 18.2 Å². The average Bonchev–Trinajstić information content (AvgIpc) is 2.42. The molecule has 2 aromatic rings. The Balaban J connectivity index is 2.45. The van der Waals surface area contributed by atoms with Crippen LogP contribution in [-0.4, -0.2) is 8.42 Å². The minimum atomic E-state index is -3.93. The van der Waals surface area contributed by atoms with Gasteiger partial charge in [-0.25, -0.2) is 0 Å². The lowest BCUT2D eigenvalue weighted by Crippen LogP contribution is -2.11. The van der Waals surface area contributed by atoms with Crippen LogP contribution in [0.1, 0.15) is 5.56 Å². The third-order valence-corrected chi connectivity index (χ3v) is 4.79. The van der Waals surface area contributed by atoms with Gasteiger partial charge >= 0.3 is 10.1 Å². The van der Waals surface area contributed by atoms with Gasteiger partial charge in [-0.05, 0) is 24.3 Å². The van der Waals surface area contributed by atoms with Gasteiger partial charge in [-0.15, -0.1) is 0 Å². The number of benzene rings is 2. The average molecular weight is 396 g/mol. The molecule has 0 saturated carbocycles. The number of hydrogen-bond donors (Lipinski definition) is 0. The maximum atomic E-state index is 12.2. The summed E-state index contributed by atoms with van der Waals surface area (Å²) in [4.78, 5) is 0.0616. The van der Waals surface area contributed by atoms with Crippen LogP contribution in [0.15, 0.2) is 47.4 Å². The molecule has 0 atom stereocenters. The Hall–Kier alpha value is -0.750. The second-order valence-electron chi connectivity index (χ2n) is 3.86.